The number of anilines is 1. The van der Waals surface area contributed by atoms with Crippen LogP contribution in [0.5, 0.6) is 0 Å². The van der Waals surface area contributed by atoms with Crippen molar-refractivity contribution in [3.8, 4) is 0 Å². The summed E-state index contributed by atoms with van der Waals surface area (Å²) in [5.74, 6) is -0.514. The molecular weight excluding hydrogens is 346 g/mol. The molecule has 24 heavy (non-hydrogen) atoms. The highest BCUT2D eigenvalue weighted by Gasteiger charge is 2.34. The van der Waals surface area contributed by atoms with Crippen molar-refractivity contribution in [3.63, 3.8) is 0 Å². The Morgan fingerprint density at radius 2 is 2.21 bits per heavy atom. The van der Waals surface area contributed by atoms with E-state index in [0.717, 1.165) is 4.88 Å². The van der Waals surface area contributed by atoms with Crippen molar-refractivity contribution in [2.24, 2.45) is 5.92 Å². The maximum absolute atomic E-state index is 12.7. The first-order chi connectivity index (χ1) is 11.5. The van der Waals surface area contributed by atoms with E-state index in [4.69, 9.17) is 0 Å². The van der Waals surface area contributed by atoms with E-state index in [0.29, 0.717) is 29.3 Å². The van der Waals surface area contributed by atoms with Crippen molar-refractivity contribution in [3.05, 3.63) is 41.5 Å². The summed E-state index contributed by atoms with van der Waals surface area (Å²) in [4.78, 5) is 17.3. The number of carbonyl (C=O) groups is 1. The summed E-state index contributed by atoms with van der Waals surface area (Å²) in [5, 5.41) is 2.81. The van der Waals surface area contributed by atoms with Crippen molar-refractivity contribution in [1.29, 1.82) is 0 Å². The molecule has 0 radical (unpaired) electrons. The van der Waals surface area contributed by atoms with Gasteiger partial charge in [0.05, 0.1) is 17.8 Å². The molecule has 8 heteroatoms. The van der Waals surface area contributed by atoms with Gasteiger partial charge < -0.3 is 5.32 Å². The Morgan fingerprint density at radius 1 is 1.38 bits per heavy atom. The summed E-state index contributed by atoms with van der Waals surface area (Å²) in [7, 11) is -3.52. The molecule has 1 fully saturated rings. The lowest BCUT2D eigenvalue weighted by atomic mass is 9.99. The molecule has 2 aromatic heterocycles. The zero-order valence-corrected chi connectivity index (χ0v) is 14.9. The molecule has 3 rings (SSSR count). The third kappa shape index (κ3) is 3.66. The van der Waals surface area contributed by atoms with Crippen LogP contribution in [0.2, 0.25) is 0 Å². The van der Waals surface area contributed by atoms with Gasteiger partial charge in [-0.15, -0.1) is 11.3 Å². The molecule has 0 bridgehead atoms. The third-order valence-corrected chi connectivity index (χ3v) is 7.33. The zero-order valence-electron chi connectivity index (χ0n) is 13.3. The standard InChI is InChI=1S/C16H19N3O3S2/c1-12-6-7-15(23-12)24(21,22)19-9-3-4-13(11-19)16(20)18-14-5-2-8-17-10-14/h2,5-8,10,13H,3-4,9,11H2,1H3,(H,18,20)/t13-/m1/s1. The van der Waals surface area contributed by atoms with Gasteiger partial charge in [-0.1, -0.05) is 0 Å². The van der Waals surface area contributed by atoms with Gasteiger partial charge in [-0.25, -0.2) is 8.42 Å². The first-order valence-electron chi connectivity index (χ1n) is 7.74. The van der Waals surface area contributed by atoms with Crippen LogP contribution in [0.15, 0.2) is 40.9 Å². The second-order valence-electron chi connectivity index (χ2n) is 5.80. The van der Waals surface area contributed by atoms with E-state index in [1.807, 2.05) is 6.92 Å². The van der Waals surface area contributed by atoms with E-state index < -0.39 is 10.0 Å². The lowest BCUT2D eigenvalue weighted by Crippen LogP contribution is -2.43. The molecule has 1 atom stereocenters. The molecule has 128 valence electrons. The highest BCUT2D eigenvalue weighted by Crippen LogP contribution is 2.28. The molecule has 1 aliphatic heterocycles. The predicted octanol–water partition coefficient (Wildman–Crippen LogP) is 2.49. The summed E-state index contributed by atoms with van der Waals surface area (Å²) >= 11 is 1.26. The highest BCUT2D eigenvalue weighted by atomic mass is 32.2. The number of carbonyl (C=O) groups excluding carboxylic acids is 1. The van der Waals surface area contributed by atoms with Crippen LogP contribution in [-0.4, -0.2) is 36.7 Å². The SMILES string of the molecule is Cc1ccc(S(=O)(=O)N2CCC[C@@H](C(=O)Nc3cccnc3)C2)s1. The van der Waals surface area contributed by atoms with Crippen LogP contribution in [0.4, 0.5) is 5.69 Å². The number of aryl methyl sites for hydroxylation is 1. The number of sulfonamides is 1. The molecule has 6 nitrogen and oxygen atoms in total. The molecule has 2 aromatic rings. The molecule has 3 heterocycles. The average Bonchev–Trinajstić information content (AvgIpc) is 3.03. The lowest BCUT2D eigenvalue weighted by Gasteiger charge is -2.30. The summed E-state index contributed by atoms with van der Waals surface area (Å²) in [6.07, 6.45) is 4.56. The Bertz CT molecular complexity index is 818. The number of rotatable bonds is 4. The fourth-order valence-corrected chi connectivity index (χ4v) is 5.70. The summed E-state index contributed by atoms with van der Waals surface area (Å²) < 4.78 is 27.2. The second-order valence-corrected chi connectivity index (χ2v) is 9.25. The van der Waals surface area contributed by atoms with Gasteiger partial charge in [0.1, 0.15) is 4.21 Å². The van der Waals surface area contributed by atoms with Crippen LogP contribution in [-0.2, 0) is 14.8 Å². The van der Waals surface area contributed by atoms with Crippen molar-refractivity contribution >= 4 is 33.0 Å². The molecule has 0 aliphatic carbocycles. The Hall–Kier alpha value is -1.77. The Labute approximate surface area is 145 Å². The van der Waals surface area contributed by atoms with Gasteiger partial charge in [0.15, 0.2) is 0 Å². The summed E-state index contributed by atoms with van der Waals surface area (Å²) in [5.41, 5.74) is 0.622. The van der Waals surface area contributed by atoms with Crippen molar-refractivity contribution in [2.75, 3.05) is 18.4 Å². The molecule has 1 saturated heterocycles. The van der Waals surface area contributed by atoms with Gasteiger partial charge in [0, 0.05) is 24.2 Å². The lowest BCUT2D eigenvalue weighted by molar-refractivity contribution is -0.120. The number of piperidine rings is 1. The largest absolute Gasteiger partial charge is 0.324 e. The van der Waals surface area contributed by atoms with E-state index in [1.54, 1.807) is 36.7 Å². The van der Waals surface area contributed by atoms with Gasteiger partial charge in [0.25, 0.3) is 10.0 Å². The molecule has 0 saturated carbocycles. The third-order valence-electron chi connectivity index (χ3n) is 3.99. The smallest absolute Gasteiger partial charge is 0.252 e. The van der Waals surface area contributed by atoms with Gasteiger partial charge in [-0.2, -0.15) is 4.31 Å². The predicted molar refractivity (Wildman–Crippen MR) is 93.4 cm³/mol. The first kappa shape index (κ1) is 17.1. The minimum atomic E-state index is -3.52. The topological polar surface area (TPSA) is 79.4 Å². The second kappa shape index (κ2) is 7.00. The van der Waals surface area contributed by atoms with Gasteiger partial charge >= 0.3 is 0 Å². The quantitative estimate of drug-likeness (QED) is 0.903. The van der Waals surface area contributed by atoms with Gasteiger partial charge in [0.2, 0.25) is 5.91 Å². The number of amides is 1. The van der Waals surface area contributed by atoms with Crippen LogP contribution in [0, 0.1) is 12.8 Å². The monoisotopic (exact) mass is 365 g/mol. The van der Waals surface area contributed by atoms with Crippen LogP contribution in [0.3, 0.4) is 0 Å². The van der Waals surface area contributed by atoms with E-state index in [1.165, 1.54) is 15.6 Å². The van der Waals surface area contributed by atoms with Crippen molar-refractivity contribution in [1.82, 2.24) is 9.29 Å². The van der Waals surface area contributed by atoms with E-state index in [2.05, 4.69) is 10.3 Å². The molecule has 0 aromatic carbocycles. The summed E-state index contributed by atoms with van der Waals surface area (Å²) in [6.45, 7) is 2.55. The maximum atomic E-state index is 12.7. The maximum Gasteiger partial charge on any atom is 0.252 e. The number of aromatic nitrogens is 1. The van der Waals surface area contributed by atoms with Gasteiger partial charge in [-0.3, -0.25) is 9.78 Å². The highest BCUT2D eigenvalue weighted by molar-refractivity contribution is 7.91. The average molecular weight is 365 g/mol. The molecule has 1 aliphatic rings. The van der Waals surface area contributed by atoms with Crippen LogP contribution in [0.25, 0.3) is 0 Å². The number of nitrogens with zero attached hydrogens (tertiary/aromatic N) is 2. The van der Waals surface area contributed by atoms with Crippen molar-refractivity contribution < 1.29 is 13.2 Å². The fraction of sp³-hybridized carbons (Fsp3) is 0.375. The minimum Gasteiger partial charge on any atom is -0.324 e. The molecule has 1 amide bonds. The fourth-order valence-electron chi connectivity index (χ4n) is 2.73. The zero-order chi connectivity index (χ0) is 17.2. The Morgan fingerprint density at radius 3 is 2.88 bits per heavy atom. The minimum absolute atomic E-state index is 0.162. The Balaban J connectivity index is 1.71. The normalized spacial score (nSPS) is 19.1. The number of thiophene rings is 1. The van der Waals surface area contributed by atoms with E-state index in [-0.39, 0.29) is 18.4 Å². The number of hydrogen-bond acceptors (Lipinski definition) is 5. The van der Waals surface area contributed by atoms with Crippen LogP contribution in [0.1, 0.15) is 17.7 Å². The Kier molecular flexibility index (Phi) is 4.98. The van der Waals surface area contributed by atoms with E-state index in [9.17, 15) is 13.2 Å². The number of nitrogens with one attached hydrogen (secondary N) is 1. The van der Waals surface area contributed by atoms with Crippen LogP contribution >= 0.6 is 11.3 Å². The first-order valence-corrected chi connectivity index (χ1v) is 10.00. The van der Waals surface area contributed by atoms with Crippen molar-refractivity contribution in [2.45, 2.75) is 24.0 Å². The molecular formula is C16H19N3O3S2. The molecule has 0 unspecified atom stereocenters. The number of pyridine rings is 1. The molecule has 1 N–H and O–H groups in total. The summed E-state index contributed by atoms with van der Waals surface area (Å²) in [6, 6.07) is 6.94. The number of hydrogen-bond donors (Lipinski definition) is 1. The van der Waals surface area contributed by atoms with Gasteiger partial charge in [-0.05, 0) is 44.0 Å². The van der Waals surface area contributed by atoms with Crippen LogP contribution < -0.4 is 5.32 Å². The molecule has 0 spiro atoms. The van der Waals surface area contributed by atoms with E-state index >= 15 is 0 Å².